The highest BCUT2D eigenvalue weighted by Crippen LogP contribution is 2.36. The number of aromatic carboxylic acids is 1. The van der Waals surface area contributed by atoms with Gasteiger partial charge in [-0.1, -0.05) is 72.0 Å². The SMILES string of the molecule is CCOc1cc(/C=C2\SC(=S)N(Cc3ccc(C)cc3)C2=O)ccc1OCc1ccc(C(=O)O)cc1. The van der Waals surface area contributed by atoms with E-state index in [0.717, 1.165) is 22.3 Å². The molecule has 8 heteroatoms. The van der Waals surface area contributed by atoms with Crippen LogP contribution in [-0.2, 0) is 17.9 Å². The van der Waals surface area contributed by atoms with E-state index in [1.807, 2.05) is 56.3 Å². The number of benzene rings is 3. The van der Waals surface area contributed by atoms with E-state index < -0.39 is 5.97 Å². The molecule has 184 valence electrons. The van der Waals surface area contributed by atoms with Crippen molar-refractivity contribution in [2.75, 3.05) is 6.61 Å². The van der Waals surface area contributed by atoms with Gasteiger partial charge in [0.15, 0.2) is 11.5 Å². The molecule has 3 aromatic carbocycles. The van der Waals surface area contributed by atoms with Crippen LogP contribution in [0.4, 0.5) is 0 Å². The number of amides is 1. The fourth-order valence-electron chi connectivity index (χ4n) is 3.57. The maximum atomic E-state index is 13.1. The standard InChI is InChI=1S/C28H25NO5S2/c1-3-33-24-14-21(10-13-23(24)34-17-20-8-11-22(12-9-20)27(31)32)15-25-26(30)29(28(35)36-25)16-19-6-4-18(2)5-7-19/h4-15H,3,16-17H2,1-2H3,(H,31,32)/b25-15-. The molecule has 1 aliphatic rings. The molecular formula is C28H25NO5S2. The molecule has 1 saturated heterocycles. The van der Waals surface area contributed by atoms with Crippen molar-refractivity contribution in [1.29, 1.82) is 0 Å². The molecule has 0 atom stereocenters. The number of thioether (sulfide) groups is 1. The highest BCUT2D eigenvalue weighted by Gasteiger charge is 2.32. The van der Waals surface area contributed by atoms with Gasteiger partial charge in [-0.2, -0.15) is 0 Å². The molecule has 0 unspecified atom stereocenters. The first-order valence-corrected chi connectivity index (χ1v) is 12.6. The monoisotopic (exact) mass is 519 g/mol. The van der Waals surface area contributed by atoms with Crippen LogP contribution in [0.25, 0.3) is 6.08 Å². The van der Waals surface area contributed by atoms with Crippen LogP contribution in [0.5, 0.6) is 11.5 Å². The predicted molar refractivity (Wildman–Crippen MR) is 145 cm³/mol. The number of hydrogen-bond donors (Lipinski definition) is 1. The highest BCUT2D eigenvalue weighted by atomic mass is 32.2. The molecule has 1 amide bonds. The van der Waals surface area contributed by atoms with Crippen molar-refractivity contribution in [3.8, 4) is 11.5 Å². The van der Waals surface area contributed by atoms with Crippen molar-refractivity contribution in [2.24, 2.45) is 0 Å². The smallest absolute Gasteiger partial charge is 0.335 e. The molecule has 1 heterocycles. The number of nitrogens with zero attached hydrogens (tertiary/aromatic N) is 1. The maximum absolute atomic E-state index is 13.1. The zero-order chi connectivity index (χ0) is 25.7. The molecule has 36 heavy (non-hydrogen) atoms. The van der Waals surface area contributed by atoms with Crippen LogP contribution in [0.3, 0.4) is 0 Å². The van der Waals surface area contributed by atoms with Gasteiger partial charge in [0, 0.05) is 0 Å². The molecule has 1 aliphatic heterocycles. The van der Waals surface area contributed by atoms with E-state index in [1.54, 1.807) is 35.2 Å². The third-order valence-electron chi connectivity index (χ3n) is 5.50. The second-order valence-electron chi connectivity index (χ2n) is 8.18. The van der Waals surface area contributed by atoms with E-state index >= 15 is 0 Å². The molecule has 0 aromatic heterocycles. The maximum Gasteiger partial charge on any atom is 0.335 e. The zero-order valence-electron chi connectivity index (χ0n) is 19.9. The van der Waals surface area contributed by atoms with Crippen molar-refractivity contribution in [3.05, 3.63) is 99.5 Å². The van der Waals surface area contributed by atoms with Crippen molar-refractivity contribution in [1.82, 2.24) is 4.90 Å². The van der Waals surface area contributed by atoms with Gasteiger partial charge in [-0.25, -0.2) is 4.79 Å². The lowest BCUT2D eigenvalue weighted by Gasteiger charge is -2.14. The molecule has 0 saturated carbocycles. The lowest BCUT2D eigenvalue weighted by Crippen LogP contribution is -2.27. The van der Waals surface area contributed by atoms with Crippen LogP contribution >= 0.6 is 24.0 Å². The summed E-state index contributed by atoms with van der Waals surface area (Å²) >= 11 is 6.77. The Morgan fingerprint density at radius 2 is 1.69 bits per heavy atom. The number of ether oxygens (including phenoxy) is 2. The number of carboxylic acids is 1. The van der Waals surface area contributed by atoms with Crippen molar-refractivity contribution >= 4 is 46.3 Å². The first-order chi connectivity index (χ1) is 17.3. The number of thiocarbonyl (C=S) groups is 1. The Morgan fingerprint density at radius 1 is 1.00 bits per heavy atom. The average molecular weight is 520 g/mol. The second kappa shape index (κ2) is 11.4. The van der Waals surface area contributed by atoms with E-state index in [9.17, 15) is 9.59 Å². The van der Waals surface area contributed by atoms with Crippen LogP contribution in [0, 0.1) is 6.92 Å². The predicted octanol–water partition coefficient (Wildman–Crippen LogP) is 6.07. The Kier molecular flexibility index (Phi) is 8.07. The van der Waals surface area contributed by atoms with Gasteiger partial charge in [-0.3, -0.25) is 9.69 Å². The summed E-state index contributed by atoms with van der Waals surface area (Å²) in [7, 11) is 0. The van der Waals surface area contributed by atoms with Crippen molar-refractivity contribution in [3.63, 3.8) is 0 Å². The van der Waals surface area contributed by atoms with Gasteiger partial charge in [0.25, 0.3) is 5.91 Å². The average Bonchev–Trinajstić information content (AvgIpc) is 3.12. The van der Waals surface area contributed by atoms with E-state index in [-0.39, 0.29) is 18.1 Å². The van der Waals surface area contributed by atoms with E-state index in [4.69, 9.17) is 26.8 Å². The minimum Gasteiger partial charge on any atom is -0.490 e. The van der Waals surface area contributed by atoms with E-state index in [2.05, 4.69) is 0 Å². The fourth-order valence-corrected chi connectivity index (χ4v) is 4.83. The number of carbonyl (C=O) groups excluding carboxylic acids is 1. The Labute approximate surface area is 219 Å². The Bertz CT molecular complexity index is 1320. The summed E-state index contributed by atoms with van der Waals surface area (Å²) in [5.74, 6) is 0.0317. The topological polar surface area (TPSA) is 76.1 Å². The van der Waals surface area contributed by atoms with Gasteiger partial charge in [-0.15, -0.1) is 0 Å². The molecule has 1 N–H and O–H groups in total. The molecule has 6 nitrogen and oxygen atoms in total. The molecule has 0 aliphatic carbocycles. The number of rotatable bonds is 9. The summed E-state index contributed by atoms with van der Waals surface area (Å²) in [6, 6.07) is 20.1. The third kappa shape index (κ3) is 6.13. The van der Waals surface area contributed by atoms with E-state index in [1.165, 1.54) is 11.8 Å². The highest BCUT2D eigenvalue weighted by molar-refractivity contribution is 8.26. The lowest BCUT2D eigenvalue weighted by molar-refractivity contribution is -0.122. The van der Waals surface area contributed by atoms with Crippen molar-refractivity contribution < 1.29 is 24.2 Å². The van der Waals surface area contributed by atoms with Gasteiger partial charge in [0.05, 0.1) is 23.6 Å². The molecule has 4 rings (SSSR count). The number of carboxylic acid groups (broad SMARTS) is 1. The van der Waals surface area contributed by atoms with Crippen LogP contribution in [0.15, 0.2) is 71.6 Å². The van der Waals surface area contributed by atoms with Gasteiger partial charge < -0.3 is 14.6 Å². The molecule has 0 radical (unpaired) electrons. The fraction of sp³-hybridized carbons (Fsp3) is 0.179. The summed E-state index contributed by atoms with van der Waals surface area (Å²) in [5, 5.41) is 9.04. The van der Waals surface area contributed by atoms with Gasteiger partial charge >= 0.3 is 5.97 Å². The van der Waals surface area contributed by atoms with E-state index in [0.29, 0.717) is 33.9 Å². The second-order valence-corrected chi connectivity index (χ2v) is 9.86. The van der Waals surface area contributed by atoms with Crippen LogP contribution in [0.2, 0.25) is 0 Å². The Hall–Kier alpha value is -3.62. The zero-order valence-corrected chi connectivity index (χ0v) is 21.5. The quantitative estimate of drug-likeness (QED) is 0.272. The van der Waals surface area contributed by atoms with Gasteiger partial charge in [0.1, 0.15) is 10.9 Å². The summed E-state index contributed by atoms with van der Waals surface area (Å²) in [6.45, 7) is 5.06. The van der Waals surface area contributed by atoms with Crippen LogP contribution < -0.4 is 9.47 Å². The number of hydrogen-bond acceptors (Lipinski definition) is 6. The molecular weight excluding hydrogens is 494 g/mol. The van der Waals surface area contributed by atoms with Crippen LogP contribution in [-0.4, -0.2) is 32.8 Å². The van der Waals surface area contributed by atoms with Gasteiger partial charge in [0.2, 0.25) is 0 Å². The Morgan fingerprint density at radius 3 is 2.36 bits per heavy atom. The third-order valence-corrected chi connectivity index (χ3v) is 6.87. The first kappa shape index (κ1) is 25.5. The normalized spacial score (nSPS) is 14.4. The lowest BCUT2D eigenvalue weighted by atomic mass is 10.1. The summed E-state index contributed by atoms with van der Waals surface area (Å²) < 4.78 is 12.2. The molecule has 0 spiro atoms. The summed E-state index contributed by atoms with van der Waals surface area (Å²) in [6.07, 6.45) is 1.81. The Balaban J connectivity index is 1.48. The molecule has 1 fully saturated rings. The number of aryl methyl sites for hydroxylation is 1. The van der Waals surface area contributed by atoms with Gasteiger partial charge in [-0.05, 0) is 60.9 Å². The summed E-state index contributed by atoms with van der Waals surface area (Å²) in [5.41, 5.74) is 4.05. The molecule has 0 bridgehead atoms. The molecule has 3 aromatic rings. The van der Waals surface area contributed by atoms with Crippen molar-refractivity contribution in [2.45, 2.75) is 27.0 Å². The first-order valence-electron chi connectivity index (χ1n) is 11.4. The minimum absolute atomic E-state index is 0.117. The largest absolute Gasteiger partial charge is 0.490 e. The van der Waals surface area contributed by atoms with Crippen LogP contribution in [0.1, 0.15) is 39.5 Å². The minimum atomic E-state index is -0.969. The summed E-state index contributed by atoms with van der Waals surface area (Å²) in [4.78, 5) is 26.3. The number of carbonyl (C=O) groups is 2.